The summed E-state index contributed by atoms with van der Waals surface area (Å²) >= 11 is 1.84. The monoisotopic (exact) mass is 1400 g/mol. The van der Waals surface area contributed by atoms with Gasteiger partial charge in [-0.1, -0.05) is 266 Å². The van der Waals surface area contributed by atoms with Gasteiger partial charge in [0.1, 0.15) is 11.5 Å². The van der Waals surface area contributed by atoms with Crippen LogP contribution < -0.4 is 0 Å². The van der Waals surface area contributed by atoms with Gasteiger partial charge in [-0.2, -0.15) is 0 Å². The first-order valence-corrected chi connectivity index (χ1v) is 37.5. The van der Waals surface area contributed by atoms with Crippen molar-refractivity contribution in [3.63, 3.8) is 0 Å². The van der Waals surface area contributed by atoms with Crippen LogP contribution in [0, 0.1) is 125 Å². The van der Waals surface area contributed by atoms with Gasteiger partial charge in [-0.3, -0.25) is 0 Å². The van der Waals surface area contributed by atoms with Gasteiger partial charge in [0.15, 0.2) is 0 Å². The Labute approximate surface area is 629 Å². The molecule has 5 heteroatoms. The molecule has 18 rings (SSSR count). The quantitative estimate of drug-likeness (QED) is 0.142. The molecule has 0 amide bonds. The van der Waals surface area contributed by atoms with Crippen LogP contribution in [0.4, 0.5) is 0 Å². The topological polar surface area (TPSA) is 52.1 Å². The highest BCUT2D eigenvalue weighted by atomic mass is 32.1. The highest BCUT2D eigenvalue weighted by molar-refractivity contribution is 7.11. The molecule has 0 saturated heterocycles. The largest absolute Gasteiger partial charge is 0.467 e. The van der Waals surface area contributed by atoms with E-state index in [1.165, 1.54) is 175 Å². The van der Waals surface area contributed by atoms with Gasteiger partial charge in [0.2, 0.25) is 11.8 Å². The second kappa shape index (κ2) is 34.7. The highest BCUT2D eigenvalue weighted by Gasteiger charge is 2.35. The summed E-state index contributed by atoms with van der Waals surface area (Å²) in [5.41, 5.74) is 28.0. The minimum atomic E-state index is 0.142. The molecule has 0 aliphatic heterocycles. The third-order valence-corrected chi connectivity index (χ3v) is 20.8. The van der Waals surface area contributed by atoms with Crippen molar-refractivity contribution in [3.8, 4) is 22.3 Å². The van der Waals surface area contributed by atoms with E-state index in [1.807, 2.05) is 37.3 Å². The smallest absolute Gasteiger partial charge is 0.213 e. The van der Waals surface area contributed by atoms with Crippen LogP contribution >= 0.6 is 11.3 Å². The minimum Gasteiger partial charge on any atom is -0.467 e. The van der Waals surface area contributed by atoms with Gasteiger partial charge in [0.05, 0.1) is 0 Å². The van der Waals surface area contributed by atoms with Gasteiger partial charge in [0.25, 0.3) is 0 Å². The first-order valence-electron chi connectivity index (χ1n) is 36.7. The SMILES string of the molecule is Cc1c2ccccc2c(C)c2ccccc12.Cc1ccc(C)c2cc3ccccc3cc12.Cc1ccc(C)c2ccccc12.Cc1ccc(C)cc1.Cc1ccc(C)o1.Cc1ccc(C)s1.Cc1ccc2c(c1)C(C)(C)c1cc(C)ccc1-2.Cc1ccc2c(c1)Cc1cc(C)ccc1-2.Cc1nnc(C)o1. The summed E-state index contributed by atoms with van der Waals surface area (Å²) in [6, 6.07) is 91.6. The van der Waals surface area contributed by atoms with Crippen LogP contribution in [0.25, 0.3) is 76.1 Å². The van der Waals surface area contributed by atoms with Crippen LogP contribution in [-0.2, 0) is 11.8 Å². The molecule has 4 nitrogen and oxygen atoms in total. The number of thiophene rings is 1. The minimum absolute atomic E-state index is 0.142. The number of furan rings is 1. The lowest BCUT2D eigenvalue weighted by Gasteiger charge is -2.22. The van der Waals surface area contributed by atoms with Crippen molar-refractivity contribution in [2.75, 3.05) is 0 Å². The lowest BCUT2D eigenvalue weighted by atomic mass is 9.81. The molecule has 2 aliphatic rings. The number of fused-ring (bicyclic) bond motifs is 11. The number of hydrogen-bond acceptors (Lipinski definition) is 5. The van der Waals surface area contributed by atoms with Gasteiger partial charge in [-0.15, -0.1) is 21.5 Å². The van der Waals surface area contributed by atoms with E-state index < -0.39 is 0 Å². The Morgan fingerprint density at radius 3 is 0.886 bits per heavy atom. The molecule has 105 heavy (non-hydrogen) atoms. The normalized spacial score (nSPS) is 11.5. The molecule has 3 aromatic heterocycles. The molecule has 0 unspecified atom stereocenters. The van der Waals surface area contributed by atoms with Gasteiger partial charge in [-0.05, 0) is 285 Å². The van der Waals surface area contributed by atoms with Gasteiger partial charge < -0.3 is 8.83 Å². The number of rotatable bonds is 0. The summed E-state index contributed by atoms with van der Waals surface area (Å²) in [6.45, 7) is 42.3. The van der Waals surface area contributed by atoms with Crippen LogP contribution in [0.5, 0.6) is 0 Å². The van der Waals surface area contributed by atoms with Gasteiger partial charge >= 0.3 is 0 Å². The van der Waals surface area contributed by atoms with E-state index in [-0.39, 0.29) is 5.41 Å². The average molecular weight is 1400 g/mol. The van der Waals surface area contributed by atoms with Crippen molar-refractivity contribution in [2.45, 2.75) is 150 Å². The summed E-state index contributed by atoms with van der Waals surface area (Å²) < 4.78 is 9.94. The van der Waals surface area contributed by atoms with Crippen molar-refractivity contribution in [2.24, 2.45) is 0 Å². The van der Waals surface area contributed by atoms with Crippen molar-refractivity contribution >= 4 is 65.2 Å². The molecule has 3 heterocycles. The third kappa shape index (κ3) is 19.4. The Balaban J connectivity index is 0.000000129. The molecule has 0 radical (unpaired) electrons. The van der Waals surface area contributed by atoms with Gasteiger partial charge in [0, 0.05) is 29.0 Å². The van der Waals surface area contributed by atoms with Crippen molar-refractivity contribution < 1.29 is 8.83 Å². The van der Waals surface area contributed by atoms with E-state index in [0.717, 1.165) is 17.9 Å². The summed E-state index contributed by atoms with van der Waals surface area (Å²) in [5.74, 6) is 3.21. The number of aryl methyl sites for hydroxylation is 18. The number of benzene rings is 13. The zero-order valence-corrected chi connectivity index (χ0v) is 66.4. The predicted molar refractivity (Wildman–Crippen MR) is 455 cm³/mol. The van der Waals surface area contributed by atoms with Crippen LogP contribution in [0.2, 0.25) is 0 Å². The Morgan fingerprint density at radius 1 is 0.276 bits per heavy atom. The maximum atomic E-state index is 5.08. The molecule has 532 valence electrons. The van der Waals surface area contributed by atoms with Gasteiger partial charge in [-0.25, -0.2) is 0 Å². The third-order valence-electron chi connectivity index (χ3n) is 19.9. The van der Waals surface area contributed by atoms with Crippen LogP contribution in [0.15, 0.2) is 264 Å². The van der Waals surface area contributed by atoms with Crippen molar-refractivity contribution in [1.82, 2.24) is 10.2 Å². The fourth-order valence-electron chi connectivity index (χ4n) is 14.1. The molecular formula is C100H104N2O2S. The van der Waals surface area contributed by atoms with Crippen LogP contribution in [0.1, 0.15) is 136 Å². The van der Waals surface area contributed by atoms with E-state index in [4.69, 9.17) is 8.83 Å². The van der Waals surface area contributed by atoms with Crippen molar-refractivity contribution in [1.29, 1.82) is 0 Å². The molecule has 0 fully saturated rings. The molecular weight excluding hydrogens is 1290 g/mol. The first-order chi connectivity index (χ1) is 50.2. The zero-order valence-electron chi connectivity index (χ0n) is 65.6. The average Bonchev–Trinajstić information content (AvgIpc) is 1.62. The first kappa shape index (κ1) is 76.9. The summed E-state index contributed by atoms with van der Waals surface area (Å²) in [6.07, 6.45) is 1.11. The summed E-state index contributed by atoms with van der Waals surface area (Å²) in [5, 5.41) is 20.8. The number of nitrogens with zero attached hydrogens (tertiary/aromatic N) is 2. The molecule has 0 saturated carbocycles. The second-order valence-corrected chi connectivity index (χ2v) is 30.6. The Morgan fingerprint density at radius 2 is 0.581 bits per heavy atom. The molecule has 2 aliphatic carbocycles. The van der Waals surface area contributed by atoms with E-state index in [9.17, 15) is 0 Å². The maximum Gasteiger partial charge on any atom is 0.213 e. The van der Waals surface area contributed by atoms with E-state index in [0.29, 0.717) is 11.8 Å². The molecule has 13 aromatic carbocycles. The number of hydrogen-bond donors (Lipinski definition) is 0. The highest BCUT2D eigenvalue weighted by Crippen LogP contribution is 2.49. The van der Waals surface area contributed by atoms with E-state index >= 15 is 0 Å². The summed E-state index contributed by atoms with van der Waals surface area (Å²) in [7, 11) is 0. The maximum absolute atomic E-state index is 5.08. The molecule has 0 spiro atoms. The summed E-state index contributed by atoms with van der Waals surface area (Å²) in [4.78, 5) is 2.80. The standard InChI is InChI=1S/C17H18.2C16H14.C15H14.C12H12.C8H10.C6H8O.C6H8S.C4H6N2O/c1-11-5-7-13-14-8-6-12(2)10-16(14)17(3,4)15(13)9-11;1-11-13-7-3-5-9-15(13)12(2)16-10-6-4-8-14(11)16;1-11-7-8-12(2)16-10-14-6-4-3-5-13(14)9-15(11)16;1-10-3-5-14-12(7-10)9-13-8-11(2)4-6-15(13)14;1-9-7-8-10(2)12-6-4-3-5-11(9)12;1-7-3-5-8(2)6-4-7;2*1-5-3-4-6(2)7-5;1-3-5-6-4(2)7-3/h5-10H,1-4H3;2*3-10H,1-2H3;3-8H,9H2,1-2H3;3-8H,1-2H3;3-6H,1-2H3;2*3-4H,1-2H3;1-2H3. The lowest BCUT2D eigenvalue weighted by molar-refractivity contribution is 0.489. The zero-order chi connectivity index (χ0) is 75.2. The Kier molecular flexibility index (Phi) is 25.4. The lowest BCUT2D eigenvalue weighted by Crippen LogP contribution is -2.15. The van der Waals surface area contributed by atoms with E-state index in [2.05, 4.69) is 364 Å². The Bertz CT molecular complexity index is 5170. The molecule has 0 atom stereocenters. The number of aromatic nitrogens is 2. The molecule has 16 aromatic rings. The fourth-order valence-corrected chi connectivity index (χ4v) is 14.8. The fraction of sp³-hybridized carbons (Fsp3) is 0.220. The van der Waals surface area contributed by atoms with Crippen LogP contribution in [-0.4, -0.2) is 10.2 Å². The molecule has 0 bridgehead atoms. The Hall–Kier alpha value is -10.7. The van der Waals surface area contributed by atoms with Crippen LogP contribution in [0.3, 0.4) is 0 Å². The predicted octanol–water partition coefficient (Wildman–Crippen LogP) is 28.4. The second-order valence-electron chi connectivity index (χ2n) is 29.1. The molecule has 0 N–H and O–H groups in total. The van der Waals surface area contributed by atoms with Crippen molar-refractivity contribution in [3.05, 3.63) is 377 Å². The van der Waals surface area contributed by atoms with E-state index in [1.54, 1.807) is 13.8 Å².